The number of carbonyl (C=O) groups excluding carboxylic acids is 3. The third-order valence-electron chi connectivity index (χ3n) is 5.14. The van der Waals surface area contributed by atoms with Gasteiger partial charge in [-0.05, 0) is 12.6 Å². The Morgan fingerprint density at radius 2 is 1.90 bits per heavy atom. The van der Waals surface area contributed by atoms with Crippen LogP contribution < -0.4 is 10.2 Å². The summed E-state index contributed by atoms with van der Waals surface area (Å²) in [5.41, 5.74) is 2.72. The fourth-order valence-electron chi connectivity index (χ4n) is 3.60. The minimum Gasteiger partial charge on any atom is -0.314 e. The molecule has 1 N–H and O–H groups in total. The van der Waals surface area contributed by atoms with Gasteiger partial charge in [0.15, 0.2) is 0 Å². The van der Waals surface area contributed by atoms with Crippen molar-refractivity contribution in [2.45, 2.75) is 19.1 Å². The highest BCUT2D eigenvalue weighted by molar-refractivity contribution is 7.80. The minimum atomic E-state index is -1.11. The lowest BCUT2D eigenvalue weighted by Gasteiger charge is -2.30. The van der Waals surface area contributed by atoms with Gasteiger partial charge in [0.25, 0.3) is 5.91 Å². The number of anilines is 1. The first-order valence-electron chi connectivity index (χ1n) is 10.1. The van der Waals surface area contributed by atoms with Crippen molar-refractivity contribution in [1.82, 2.24) is 10.2 Å². The van der Waals surface area contributed by atoms with Gasteiger partial charge in [-0.1, -0.05) is 55.5 Å². The molecule has 0 fully saturated rings. The van der Waals surface area contributed by atoms with E-state index >= 15 is 0 Å². The lowest BCUT2D eigenvalue weighted by molar-refractivity contribution is -0.138. The monoisotopic (exact) mass is 438 g/mol. The van der Waals surface area contributed by atoms with Crippen LogP contribution in [0.15, 0.2) is 59.6 Å². The van der Waals surface area contributed by atoms with E-state index in [1.807, 2.05) is 55.5 Å². The van der Waals surface area contributed by atoms with Gasteiger partial charge in [-0.3, -0.25) is 9.59 Å². The number of para-hydroxylation sites is 1. The first-order chi connectivity index (χ1) is 15.0. The quantitative estimate of drug-likeness (QED) is 0.486. The van der Waals surface area contributed by atoms with Gasteiger partial charge in [-0.25, -0.2) is 4.99 Å². The number of carbonyl (C=O) groups is 3. The molecule has 0 saturated heterocycles. The molecule has 2 aromatic carbocycles. The highest BCUT2D eigenvalue weighted by Gasteiger charge is 2.37. The van der Waals surface area contributed by atoms with Crippen molar-refractivity contribution in [3.8, 4) is 0 Å². The van der Waals surface area contributed by atoms with E-state index in [0.29, 0.717) is 24.2 Å². The van der Waals surface area contributed by atoms with E-state index < -0.39 is 18.1 Å². The normalized spacial score (nSPS) is 16.7. The highest BCUT2D eigenvalue weighted by Crippen LogP contribution is 2.29. The van der Waals surface area contributed by atoms with Crippen LogP contribution in [0, 0.1) is 0 Å². The second kappa shape index (κ2) is 10.4. The average molecular weight is 439 g/mol. The number of hydrogen-bond acceptors (Lipinski definition) is 6. The number of thiol groups is 1. The topological polar surface area (TPSA) is 82.1 Å². The van der Waals surface area contributed by atoms with E-state index in [-0.39, 0.29) is 18.2 Å². The molecule has 8 heteroatoms. The number of nitrogens with one attached hydrogen (secondary N) is 1. The molecule has 7 nitrogen and oxygen atoms in total. The average Bonchev–Trinajstić information content (AvgIpc) is 2.92. The molecule has 31 heavy (non-hydrogen) atoms. The van der Waals surface area contributed by atoms with E-state index in [2.05, 4.69) is 17.9 Å². The van der Waals surface area contributed by atoms with Gasteiger partial charge in [0.1, 0.15) is 6.29 Å². The van der Waals surface area contributed by atoms with E-state index in [9.17, 15) is 14.4 Å². The standard InChI is InChI=1S/C23H26N4O3S/c1-3-24-18(15-31)22(29)26(2)21-23(30)27(13-14-28)19-12-8-7-11-17(19)20(25-21)16-9-5-4-6-10-16/h4-12,14,18,21,24,31H,3,13,15H2,1-2H3. The van der Waals surface area contributed by atoms with E-state index in [1.54, 1.807) is 13.1 Å². The smallest absolute Gasteiger partial charge is 0.272 e. The van der Waals surface area contributed by atoms with Gasteiger partial charge >= 0.3 is 0 Å². The molecule has 2 unspecified atom stereocenters. The number of nitrogens with zero attached hydrogens (tertiary/aromatic N) is 3. The van der Waals surface area contributed by atoms with E-state index in [0.717, 1.165) is 11.1 Å². The first kappa shape index (κ1) is 22.7. The molecular weight excluding hydrogens is 412 g/mol. The molecule has 0 radical (unpaired) electrons. The maximum atomic E-state index is 13.5. The summed E-state index contributed by atoms with van der Waals surface area (Å²) in [6, 6.07) is 16.3. The number of hydrogen-bond donors (Lipinski definition) is 2. The fourth-order valence-corrected chi connectivity index (χ4v) is 3.88. The molecule has 2 amide bonds. The third kappa shape index (κ3) is 4.70. The van der Waals surface area contributed by atoms with Gasteiger partial charge in [0.2, 0.25) is 12.1 Å². The fraction of sp³-hybridized carbons (Fsp3) is 0.304. The molecule has 0 bridgehead atoms. The zero-order valence-electron chi connectivity index (χ0n) is 17.6. The molecule has 2 aromatic rings. The summed E-state index contributed by atoms with van der Waals surface area (Å²) in [4.78, 5) is 45.5. The van der Waals surface area contributed by atoms with Gasteiger partial charge in [-0.2, -0.15) is 12.6 Å². The predicted octanol–water partition coefficient (Wildman–Crippen LogP) is 1.76. The number of benzodiazepines with no additional fused rings is 1. The summed E-state index contributed by atoms with van der Waals surface area (Å²) in [5.74, 6) is -0.440. The molecule has 2 atom stereocenters. The Bertz CT molecular complexity index is 980. The van der Waals surface area contributed by atoms with Crippen molar-refractivity contribution in [2.24, 2.45) is 4.99 Å². The number of aldehydes is 1. The van der Waals surface area contributed by atoms with Crippen molar-refractivity contribution in [3.05, 3.63) is 65.7 Å². The number of amides is 2. The molecule has 0 spiro atoms. The molecule has 1 heterocycles. The summed E-state index contributed by atoms with van der Waals surface area (Å²) in [6.07, 6.45) is -0.438. The summed E-state index contributed by atoms with van der Waals surface area (Å²) in [5, 5.41) is 3.08. The van der Waals surface area contributed by atoms with E-state index in [4.69, 9.17) is 4.99 Å². The summed E-state index contributed by atoms with van der Waals surface area (Å²) in [7, 11) is 1.56. The molecule has 3 rings (SSSR count). The number of benzene rings is 2. The lowest BCUT2D eigenvalue weighted by atomic mass is 10.0. The van der Waals surface area contributed by atoms with Gasteiger partial charge in [0, 0.05) is 23.9 Å². The Labute approximate surface area is 187 Å². The largest absolute Gasteiger partial charge is 0.314 e. The van der Waals surface area contributed by atoms with Crippen LogP contribution in [-0.2, 0) is 14.4 Å². The van der Waals surface area contributed by atoms with Crippen LogP contribution in [0.25, 0.3) is 0 Å². The van der Waals surface area contributed by atoms with Crippen molar-refractivity contribution < 1.29 is 14.4 Å². The van der Waals surface area contributed by atoms with Crippen molar-refractivity contribution in [3.63, 3.8) is 0 Å². The zero-order valence-corrected chi connectivity index (χ0v) is 18.5. The predicted molar refractivity (Wildman–Crippen MR) is 125 cm³/mol. The first-order valence-corrected chi connectivity index (χ1v) is 10.7. The van der Waals surface area contributed by atoms with Crippen molar-refractivity contribution >= 4 is 42.1 Å². The van der Waals surface area contributed by atoms with Crippen LogP contribution >= 0.6 is 12.6 Å². The van der Waals surface area contributed by atoms with Gasteiger partial charge in [-0.15, -0.1) is 0 Å². The van der Waals surface area contributed by atoms with Crippen molar-refractivity contribution in [2.75, 3.05) is 30.8 Å². The number of likely N-dealkylation sites (N-methyl/N-ethyl adjacent to an activating group) is 2. The molecule has 0 aliphatic carbocycles. The lowest BCUT2D eigenvalue weighted by Crippen LogP contribution is -2.54. The Hall–Kier alpha value is -2.97. The van der Waals surface area contributed by atoms with Crippen LogP contribution in [0.4, 0.5) is 5.69 Å². The number of aliphatic imine (C=N–C) groups is 1. The maximum absolute atomic E-state index is 13.5. The van der Waals surface area contributed by atoms with Crippen LogP contribution in [0.3, 0.4) is 0 Å². The van der Waals surface area contributed by atoms with Gasteiger partial charge < -0.3 is 19.9 Å². The summed E-state index contributed by atoms with van der Waals surface area (Å²) >= 11 is 4.27. The molecule has 162 valence electrons. The minimum absolute atomic E-state index is 0.130. The molecule has 0 aromatic heterocycles. The number of fused-ring (bicyclic) bond motifs is 1. The summed E-state index contributed by atoms with van der Waals surface area (Å²) < 4.78 is 0. The Morgan fingerprint density at radius 3 is 2.55 bits per heavy atom. The molecule has 1 aliphatic heterocycles. The van der Waals surface area contributed by atoms with Crippen LogP contribution in [0.2, 0.25) is 0 Å². The van der Waals surface area contributed by atoms with Crippen LogP contribution in [0.1, 0.15) is 18.1 Å². The zero-order chi connectivity index (χ0) is 22.4. The number of rotatable bonds is 8. The Kier molecular flexibility index (Phi) is 7.59. The second-order valence-corrected chi connectivity index (χ2v) is 7.46. The Morgan fingerprint density at radius 1 is 1.23 bits per heavy atom. The summed E-state index contributed by atoms with van der Waals surface area (Å²) in [6.45, 7) is 2.36. The second-order valence-electron chi connectivity index (χ2n) is 7.09. The van der Waals surface area contributed by atoms with Crippen LogP contribution in [0.5, 0.6) is 0 Å². The molecular formula is C23H26N4O3S. The van der Waals surface area contributed by atoms with Gasteiger partial charge in [0.05, 0.1) is 24.0 Å². The highest BCUT2D eigenvalue weighted by atomic mass is 32.1. The van der Waals surface area contributed by atoms with Crippen molar-refractivity contribution in [1.29, 1.82) is 0 Å². The SMILES string of the molecule is CCNC(CS)C(=O)N(C)C1N=C(c2ccccc2)c2ccccc2N(CC=O)C1=O. The molecule has 1 aliphatic rings. The van der Waals surface area contributed by atoms with Crippen LogP contribution in [-0.4, -0.2) is 66.8 Å². The maximum Gasteiger partial charge on any atom is 0.272 e. The Balaban J connectivity index is 2.15. The van der Waals surface area contributed by atoms with E-state index in [1.165, 1.54) is 9.80 Å². The molecule has 0 saturated carbocycles. The third-order valence-corrected chi connectivity index (χ3v) is 5.50.